The molecule has 1 heterocycles. The molecule has 0 aliphatic carbocycles. The van der Waals surface area contributed by atoms with Crippen molar-refractivity contribution >= 4 is 40.1 Å². The van der Waals surface area contributed by atoms with Crippen LogP contribution in [0.4, 0.5) is 0 Å². The average molecular weight is 546 g/mol. The van der Waals surface area contributed by atoms with Crippen LogP contribution in [0.15, 0.2) is 152 Å². The van der Waals surface area contributed by atoms with Crippen molar-refractivity contribution in [3.8, 4) is 0 Å². The minimum Gasteiger partial charge on any atom is -0.282 e. The quantitative estimate of drug-likeness (QED) is 0.243. The number of benzene rings is 5. The molecule has 1 aliphatic heterocycles. The first-order chi connectivity index (χ1) is 19.3. The smallest absolute Gasteiger partial charge is 0.221 e. The molecule has 1 saturated heterocycles. The van der Waals surface area contributed by atoms with Gasteiger partial charge in [0.15, 0.2) is 5.78 Å². The third-order valence-corrected chi connectivity index (χ3v) is 13.2. The number of hydrogen-bond donors (Lipinski definition) is 2. The molecule has 1 fully saturated rings. The van der Waals surface area contributed by atoms with E-state index in [9.17, 15) is 4.79 Å². The second-order valence-electron chi connectivity index (χ2n) is 9.54. The maximum atomic E-state index is 13.6. The lowest BCUT2D eigenvalue weighted by Crippen LogP contribution is -2.47. The molecule has 6 rings (SSSR count). The van der Waals surface area contributed by atoms with Gasteiger partial charge in [0.2, 0.25) is 5.12 Å². The van der Waals surface area contributed by atoms with Crippen LogP contribution < -0.4 is 26.5 Å². The molecule has 0 saturated carbocycles. The number of rotatable bonds is 7. The summed E-state index contributed by atoms with van der Waals surface area (Å²) in [5.74, 6) is -0.0485. The zero-order valence-electron chi connectivity index (χ0n) is 21.4. The fraction of sp³-hybridized carbons (Fsp3) is 0.0882. The topological polar surface area (TPSA) is 41.1 Å². The van der Waals surface area contributed by atoms with Crippen molar-refractivity contribution in [2.75, 3.05) is 0 Å². The Hall–Kier alpha value is -3.53. The van der Waals surface area contributed by atoms with Crippen molar-refractivity contribution in [2.45, 2.75) is 17.3 Å². The SMILES string of the molecule is O=C(S[C@@H]1N[C@H](c2ccccc2)N[C@H]1[P+](c1ccccc1)(c1ccccc1)c1ccccc1)c1ccccc1. The summed E-state index contributed by atoms with van der Waals surface area (Å²) >= 11 is 1.39. The van der Waals surface area contributed by atoms with Gasteiger partial charge in [-0.15, -0.1) is 0 Å². The second-order valence-corrected chi connectivity index (χ2v) is 14.2. The van der Waals surface area contributed by atoms with E-state index in [-0.39, 0.29) is 22.4 Å². The molecule has 3 nitrogen and oxygen atoms in total. The van der Waals surface area contributed by atoms with E-state index in [1.807, 2.05) is 36.4 Å². The van der Waals surface area contributed by atoms with E-state index in [1.165, 1.54) is 27.7 Å². The molecule has 39 heavy (non-hydrogen) atoms. The highest BCUT2D eigenvalue weighted by atomic mass is 32.2. The number of nitrogens with one attached hydrogen (secondary N) is 2. The fourth-order valence-electron chi connectivity index (χ4n) is 5.49. The highest BCUT2D eigenvalue weighted by Gasteiger charge is 2.59. The number of hydrogen-bond acceptors (Lipinski definition) is 4. The highest BCUT2D eigenvalue weighted by molar-refractivity contribution is 8.15. The molecular weight excluding hydrogens is 515 g/mol. The van der Waals surface area contributed by atoms with E-state index < -0.39 is 7.26 Å². The van der Waals surface area contributed by atoms with Crippen molar-refractivity contribution in [1.82, 2.24) is 10.6 Å². The van der Waals surface area contributed by atoms with Crippen molar-refractivity contribution in [3.63, 3.8) is 0 Å². The van der Waals surface area contributed by atoms with E-state index in [4.69, 9.17) is 0 Å². The second kappa shape index (κ2) is 11.7. The predicted molar refractivity (Wildman–Crippen MR) is 167 cm³/mol. The van der Waals surface area contributed by atoms with Gasteiger partial charge in [-0.05, 0) is 42.0 Å². The Morgan fingerprint density at radius 3 is 1.41 bits per heavy atom. The zero-order valence-corrected chi connectivity index (χ0v) is 23.1. The van der Waals surface area contributed by atoms with Crippen LogP contribution in [0.3, 0.4) is 0 Å². The van der Waals surface area contributed by atoms with E-state index in [2.05, 4.69) is 126 Å². The molecule has 0 amide bonds. The van der Waals surface area contributed by atoms with Gasteiger partial charge in [0.1, 0.15) is 28.5 Å². The largest absolute Gasteiger partial charge is 0.282 e. The molecule has 5 aromatic carbocycles. The maximum absolute atomic E-state index is 13.6. The molecule has 2 N–H and O–H groups in total. The number of carbonyl (C=O) groups excluding carboxylic acids is 1. The number of carbonyl (C=O) groups is 1. The highest BCUT2D eigenvalue weighted by Crippen LogP contribution is 2.62. The van der Waals surface area contributed by atoms with Gasteiger partial charge in [-0.2, -0.15) is 0 Å². The minimum atomic E-state index is -2.31. The Kier molecular flexibility index (Phi) is 7.71. The van der Waals surface area contributed by atoms with Gasteiger partial charge in [-0.3, -0.25) is 15.4 Å². The maximum Gasteiger partial charge on any atom is 0.221 e. The number of thioether (sulfide) groups is 1. The third kappa shape index (κ3) is 5.09. The van der Waals surface area contributed by atoms with Crippen LogP contribution in [0.5, 0.6) is 0 Å². The molecule has 1 aliphatic rings. The van der Waals surface area contributed by atoms with Crippen LogP contribution in [-0.2, 0) is 0 Å². The van der Waals surface area contributed by atoms with Crippen LogP contribution in [0.2, 0.25) is 0 Å². The molecular formula is C34H30N2OPS+. The Labute approximate surface area is 235 Å². The van der Waals surface area contributed by atoms with Gasteiger partial charge in [0.25, 0.3) is 0 Å². The molecule has 3 atom stereocenters. The molecule has 5 aromatic rings. The lowest BCUT2D eigenvalue weighted by molar-refractivity contribution is 0.108. The monoisotopic (exact) mass is 545 g/mol. The molecule has 0 unspecified atom stereocenters. The third-order valence-electron chi connectivity index (χ3n) is 7.24. The van der Waals surface area contributed by atoms with E-state index >= 15 is 0 Å². The summed E-state index contributed by atoms with van der Waals surface area (Å²) in [6.45, 7) is 0. The van der Waals surface area contributed by atoms with Crippen molar-refractivity contribution in [2.24, 2.45) is 0 Å². The van der Waals surface area contributed by atoms with Crippen molar-refractivity contribution < 1.29 is 4.79 Å². The summed E-state index contributed by atoms with van der Waals surface area (Å²) in [4.78, 5) is 13.6. The summed E-state index contributed by atoms with van der Waals surface area (Å²) in [7, 11) is -2.31. The van der Waals surface area contributed by atoms with Crippen molar-refractivity contribution in [1.29, 1.82) is 0 Å². The van der Waals surface area contributed by atoms with E-state index in [0.717, 1.165) is 5.56 Å². The first kappa shape index (κ1) is 25.7. The molecule has 5 heteroatoms. The predicted octanol–water partition coefficient (Wildman–Crippen LogP) is 6.10. The molecule has 0 radical (unpaired) electrons. The van der Waals surface area contributed by atoms with Crippen LogP contribution >= 0.6 is 19.0 Å². The summed E-state index contributed by atoms with van der Waals surface area (Å²) < 4.78 is 0. The van der Waals surface area contributed by atoms with Gasteiger partial charge in [-0.25, -0.2) is 0 Å². The minimum absolute atomic E-state index is 0.0485. The summed E-state index contributed by atoms with van der Waals surface area (Å²) in [5.41, 5.74) is 1.87. The molecule has 192 valence electrons. The lowest BCUT2D eigenvalue weighted by Gasteiger charge is -2.35. The Morgan fingerprint density at radius 2 is 0.949 bits per heavy atom. The fourth-order valence-corrected chi connectivity index (χ4v) is 11.8. The Bertz CT molecular complexity index is 1410. The van der Waals surface area contributed by atoms with Gasteiger partial charge in [0.05, 0.1) is 6.17 Å². The Balaban J connectivity index is 1.55. The van der Waals surface area contributed by atoms with Crippen molar-refractivity contribution in [3.05, 3.63) is 163 Å². The zero-order chi connectivity index (χ0) is 26.5. The van der Waals surface area contributed by atoms with Crippen LogP contribution in [0.1, 0.15) is 22.1 Å². The van der Waals surface area contributed by atoms with Gasteiger partial charge in [-0.1, -0.05) is 127 Å². The average Bonchev–Trinajstić information content (AvgIpc) is 3.44. The standard InChI is InChI=1S/C34H30N2OPS/c37-34(27-18-8-2-9-19-27)39-33-32(35-31(36-33)26-16-6-1-7-17-26)38(28-20-10-3-11-21-28,29-22-12-4-13-23-29)30-24-14-5-15-25-30/h1-25,31-33,35-36H/q+1/t31-,32+,33+/m1/s1. The first-order valence-corrected chi connectivity index (χ1v) is 15.9. The van der Waals surface area contributed by atoms with Crippen LogP contribution in [-0.4, -0.2) is 16.3 Å². The Morgan fingerprint density at radius 1 is 0.538 bits per heavy atom. The summed E-state index contributed by atoms with van der Waals surface area (Å²) in [6, 6.07) is 52.6. The van der Waals surface area contributed by atoms with Crippen LogP contribution in [0.25, 0.3) is 0 Å². The van der Waals surface area contributed by atoms with Gasteiger partial charge < -0.3 is 0 Å². The molecule has 0 spiro atoms. The van der Waals surface area contributed by atoms with Gasteiger partial charge in [0, 0.05) is 5.56 Å². The summed E-state index contributed by atoms with van der Waals surface area (Å²) in [5, 5.41) is 11.6. The van der Waals surface area contributed by atoms with Gasteiger partial charge >= 0.3 is 0 Å². The molecule has 0 aromatic heterocycles. The first-order valence-electron chi connectivity index (χ1n) is 13.2. The van der Waals surface area contributed by atoms with E-state index in [1.54, 1.807) is 0 Å². The lowest BCUT2D eigenvalue weighted by atomic mass is 10.2. The molecule has 0 bridgehead atoms. The normalized spacial score (nSPS) is 19.0. The van der Waals surface area contributed by atoms with E-state index in [0.29, 0.717) is 5.56 Å². The van der Waals surface area contributed by atoms with Crippen LogP contribution in [0, 0.1) is 0 Å². The summed E-state index contributed by atoms with van der Waals surface area (Å²) in [6.07, 6.45) is -0.0900.